The summed E-state index contributed by atoms with van der Waals surface area (Å²) in [7, 11) is 2.21. The Bertz CT molecular complexity index is 268. The maximum absolute atomic E-state index is 4.75. The van der Waals surface area contributed by atoms with E-state index < -0.39 is 0 Å². The molecule has 0 radical (unpaired) electrons. The lowest BCUT2D eigenvalue weighted by Gasteiger charge is -2.28. The second-order valence-electron chi connectivity index (χ2n) is 6.43. The van der Waals surface area contributed by atoms with Gasteiger partial charge in [0, 0.05) is 19.6 Å². The fourth-order valence-electron chi connectivity index (χ4n) is 2.52. The van der Waals surface area contributed by atoms with E-state index in [0.717, 1.165) is 37.4 Å². The summed E-state index contributed by atoms with van der Waals surface area (Å²) in [5.74, 6) is 2.54. The van der Waals surface area contributed by atoms with E-state index in [9.17, 15) is 0 Å². The highest BCUT2D eigenvalue weighted by atomic mass is 15.2. The highest BCUT2D eigenvalue weighted by molar-refractivity contribution is 5.79. The topological polar surface area (TPSA) is 39.7 Å². The third kappa shape index (κ3) is 7.73. The Balaban J connectivity index is 2.26. The molecule has 0 spiro atoms. The van der Waals surface area contributed by atoms with Gasteiger partial charge in [0.15, 0.2) is 5.96 Å². The van der Waals surface area contributed by atoms with Crippen molar-refractivity contribution >= 4 is 5.96 Å². The van der Waals surface area contributed by atoms with Crippen LogP contribution < -0.4 is 10.6 Å². The van der Waals surface area contributed by atoms with Crippen molar-refractivity contribution in [2.24, 2.45) is 16.8 Å². The molecule has 20 heavy (non-hydrogen) atoms. The summed E-state index contributed by atoms with van der Waals surface area (Å²) in [6.45, 7) is 12.0. The third-order valence-corrected chi connectivity index (χ3v) is 3.94. The number of rotatable bonds is 7. The molecular weight excluding hydrogens is 248 g/mol. The predicted octanol–water partition coefficient (Wildman–Crippen LogP) is 2.32. The molecule has 1 aliphatic rings. The molecule has 1 saturated heterocycles. The van der Waals surface area contributed by atoms with Crippen LogP contribution in [0.25, 0.3) is 0 Å². The summed E-state index contributed by atoms with van der Waals surface area (Å²) in [4.78, 5) is 7.17. The predicted molar refractivity (Wildman–Crippen MR) is 88.3 cm³/mol. The SMILES string of the molecule is CCNC(=NCC1CCN(C)CC1)NCCCC(C)C. The Kier molecular flexibility index (Phi) is 8.67. The Morgan fingerprint density at radius 1 is 1.25 bits per heavy atom. The maximum Gasteiger partial charge on any atom is 0.191 e. The zero-order chi connectivity index (χ0) is 14.8. The normalized spacial score (nSPS) is 18.6. The molecule has 0 atom stereocenters. The molecule has 0 aromatic heterocycles. The van der Waals surface area contributed by atoms with Crippen molar-refractivity contribution in [1.29, 1.82) is 0 Å². The summed E-state index contributed by atoms with van der Waals surface area (Å²) in [6, 6.07) is 0. The summed E-state index contributed by atoms with van der Waals surface area (Å²) in [5, 5.41) is 6.80. The lowest BCUT2D eigenvalue weighted by molar-refractivity contribution is 0.223. The van der Waals surface area contributed by atoms with E-state index in [0.29, 0.717) is 0 Å². The number of nitrogens with zero attached hydrogens (tertiary/aromatic N) is 2. The van der Waals surface area contributed by atoms with Crippen LogP contribution in [0.4, 0.5) is 0 Å². The fourth-order valence-corrected chi connectivity index (χ4v) is 2.52. The van der Waals surface area contributed by atoms with Gasteiger partial charge in [0.2, 0.25) is 0 Å². The van der Waals surface area contributed by atoms with E-state index in [4.69, 9.17) is 4.99 Å². The van der Waals surface area contributed by atoms with Gasteiger partial charge in [-0.05, 0) is 64.6 Å². The number of hydrogen-bond donors (Lipinski definition) is 2. The van der Waals surface area contributed by atoms with Crippen LogP contribution in [0.3, 0.4) is 0 Å². The minimum Gasteiger partial charge on any atom is -0.357 e. The molecule has 2 N–H and O–H groups in total. The zero-order valence-electron chi connectivity index (χ0n) is 13.9. The van der Waals surface area contributed by atoms with Crippen LogP contribution in [-0.2, 0) is 0 Å². The Labute approximate surface area is 125 Å². The first-order chi connectivity index (χ1) is 9.61. The summed E-state index contributed by atoms with van der Waals surface area (Å²) in [5.41, 5.74) is 0. The molecule has 1 fully saturated rings. The van der Waals surface area contributed by atoms with E-state index in [1.54, 1.807) is 0 Å². The highest BCUT2D eigenvalue weighted by Crippen LogP contribution is 2.15. The quantitative estimate of drug-likeness (QED) is 0.428. The maximum atomic E-state index is 4.75. The van der Waals surface area contributed by atoms with Crippen molar-refractivity contribution in [2.75, 3.05) is 39.8 Å². The number of guanidine groups is 1. The lowest BCUT2D eigenvalue weighted by Crippen LogP contribution is -2.38. The minimum atomic E-state index is 0.761. The number of nitrogens with one attached hydrogen (secondary N) is 2. The van der Waals surface area contributed by atoms with Gasteiger partial charge in [-0.15, -0.1) is 0 Å². The van der Waals surface area contributed by atoms with Gasteiger partial charge in [0.25, 0.3) is 0 Å². The number of aliphatic imine (C=N–C) groups is 1. The van der Waals surface area contributed by atoms with Gasteiger partial charge in [0.05, 0.1) is 0 Å². The Morgan fingerprint density at radius 3 is 2.55 bits per heavy atom. The fraction of sp³-hybridized carbons (Fsp3) is 0.938. The van der Waals surface area contributed by atoms with Crippen molar-refractivity contribution in [1.82, 2.24) is 15.5 Å². The van der Waals surface area contributed by atoms with Crippen LogP contribution in [0, 0.1) is 11.8 Å². The molecule has 4 nitrogen and oxygen atoms in total. The Morgan fingerprint density at radius 2 is 1.95 bits per heavy atom. The first-order valence-corrected chi connectivity index (χ1v) is 8.32. The monoisotopic (exact) mass is 282 g/mol. The van der Waals surface area contributed by atoms with Crippen molar-refractivity contribution in [2.45, 2.75) is 46.5 Å². The first kappa shape index (κ1) is 17.3. The molecule has 0 aliphatic carbocycles. The van der Waals surface area contributed by atoms with Gasteiger partial charge in [-0.3, -0.25) is 4.99 Å². The van der Waals surface area contributed by atoms with Gasteiger partial charge in [-0.25, -0.2) is 0 Å². The molecule has 0 amide bonds. The van der Waals surface area contributed by atoms with E-state index in [2.05, 4.69) is 43.4 Å². The molecule has 0 unspecified atom stereocenters. The van der Waals surface area contributed by atoms with Crippen LogP contribution in [0.15, 0.2) is 4.99 Å². The van der Waals surface area contributed by atoms with Crippen LogP contribution in [0.1, 0.15) is 46.5 Å². The third-order valence-electron chi connectivity index (χ3n) is 3.94. The van der Waals surface area contributed by atoms with E-state index in [-0.39, 0.29) is 0 Å². The van der Waals surface area contributed by atoms with Crippen LogP contribution >= 0.6 is 0 Å². The minimum absolute atomic E-state index is 0.761. The molecule has 0 aromatic rings. The lowest BCUT2D eigenvalue weighted by atomic mass is 9.97. The molecule has 1 aliphatic heterocycles. The second-order valence-corrected chi connectivity index (χ2v) is 6.43. The zero-order valence-corrected chi connectivity index (χ0v) is 13.9. The number of hydrogen-bond acceptors (Lipinski definition) is 2. The molecule has 0 bridgehead atoms. The van der Waals surface area contributed by atoms with Crippen LogP contribution in [-0.4, -0.2) is 50.6 Å². The van der Waals surface area contributed by atoms with Crippen molar-refractivity contribution in [3.63, 3.8) is 0 Å². The molecule has 0 saturated carbocycles. The molecular formula is C16H34N4. The van der Waals surface area contributed by atoms with E-state index >= 15 is 0 Å². The van der Waals surface area contributed by atoms with Gasteiger partial charge < -0.3 is 15.5 Å². The van der Waals surface area contributed by atoms with Crippen molar-refractivity contribution in [3.8, 4) is 0 Å². The number of piperidine rings is 1. The second kappa shape index (κ2) is 10.0. The largest absolute Gasteiger partial charge is 0.357 e. The van der Waals surface area contributed by atoms with Crippen LogP contribution in [0.5, 0.6) is 0 Å². The standard InChI is InChI=1S/C16H34N4/c1-5-17-16(18-10-6-7-14(2)3)19-13-15-8-11-20(4)12-9-15/h14-15H,5-13H2,1-4H3,(H2,17,18,19). The van der Waals surface area contributed by atoms with Crippen molar-refractivity contribution < 1.29 is 0 Å². The molecule has 4 heteroatoms. The average molecular weight is 282 g/mol. The van der Waals surface area contributed by atoms with Gasteiger partial charge in [-0.1, -0.05) is 13.8 Å². The van der Waals surface area contributed by atoms with Crippen LogP contribution in [0.2, 0.25) is 0 Å². The van der Waals surface area contributed by atoms with E-state index in [1.807, 2.05) is 0 Å². The summed E-state index contributed by atoms with van der Waals surface area (Å²) >= 11 is 0. The summed E-state index contributed by atoms with van der Waals surface area (Å²) < 4.78 is 0. The summed E-state index contributed by atoms with van der Waals surface area (Å²) in [6.07, 6.45) is 5.07. The molecule has 118 valence electrons. The highest BCUT2D eigenvalue weighted by Gasteiger charge is 2.16. The number of likely N-dealkylation sites (tertiary alicyclic amines) is 1. The van der Waals surface area contributed by atoms with Gasteiger partial charge >= 0.3 is 0 Å². The smallest absolute Gasteiger partial charge is 0.191 e. The Hall–Kier alpha value is -0.770. The molecule has 1 heterocycles. The van der Waals surface area contributed by atoms with Gasteiger partial charge in [-0.2, -0.15) is 0 Å². The first-order valence-electron chi connectivity index (χ1n) is 8.32. The van der Waals surface area contributed by atoms with Crippen molar-refractivity contribution in [3.05, 3.63) is 0 Å². The average Bonchev–Trinajstić information content (AvgIpc) is 2.42. The van der Waals surface area contributed by atoms with Gasteiger partial charge in [0.1, 0.15) is 0 Å². The molecule has 1 rings (SSSR count). The van der Waals surface area contributed by atoms with E-state index in [1.165, 1.54) is 38.8 Å². The molecule has 0 aromatic carbocycles.